The first kappa shape index (κ1) is 93.0. The summed E-state index contributed by atoms with van der Waals surface area (Å²) >= 11 is 0. The lowest BCUT2D eigenvalue weighted by Gasteiger charge is -2.24. The van der Waals surface area contributed by atoms with Gasteiger partial charge in [0.05, 0.1) is 27.7 Å². The molecule has 0 heterocycles. The van der Waals surface area contributed by atoms with Gasteiger partial charge < -0.3 is 18.9 Å². The second kappa shape index (κ2) is 76.2. The van der Waals surface area contributed by atoms with Crippen molar-refractivity contribution >= 4 is 19.8 Å². The highest BCUT2D eigenvalue weighted by Gasteiger charge is 2.27. The Kier molecular flexibility index (Phi) is 74.5. The fraction of sp³-hybridized carbons (Fsp3) is 0.882. The van der Waals surface area contributed by atoms with Gasteiger partial charge in [-0.3, -0.25) is 18.6 Å². The van der Waals surface area contributed by atoms with Crippen LogP contribution in [0.2, 0.25) is 0 Å². The van der Waals surface area contributed by atoms with Crippen molar-refractivity contribution in [3.8, 4) is 0 Å². The number of hydrogen-bond acceptors (Lipinski definition) is 7. The van der Waals surface area contributed by atoms with Crippen molar-refractivity contribution in [1.29, 1.82) is 0 Å². The van der Waals surface area contributed by atoms with Crippen molar-refractivity contribution in [2.45, 2.75) is 437 Å². The number of nitrogens with zero attached hydrogens (tertiary/aromatic N) is 1. The minimum Gasteiger partial charge on any atom is -0.462 e. The molecular formula is C85H163NO8P+. The zero-order chi connectivity index (χ0) is 69.0. The van der Waals surface area contributed by atoms with Crippen molar-refractivity contribution in [2.24, 2.45) is 0 Å². The van der Waals surface area contributed by atoms with Crippen molar-refractivity contribution in [1.82, 2.24) is 0 Å². The van der Waals surface area contributed by atoms with Gasteiger partial charge in [0, 0.05) is 12.8 Å². The van der Waals surface area contributed by atoms with Gasteiger partial charge in [-0.1, -0.05) is 416 Å². The van der Waals surface area contributed by atoms with Gasteiger partial charge in [-0.15, -0.1) is 0 Å². The number of likely N-dealkylation sites (N-methyl/N-ethyl adjacent to an activating group) is 1. The molecule has 0 aromatic rings. The van der Waals surface area contributed by atoms with E-state index in [1.165, 1.54) is 340 Å². The lowest BCUT2D eigenvalue weighted by molar-refractivity contribution is -0.870. The van der Waals surface area contributed by atoms with Crippen LogP contribution < -0.4 is 0 Å². The zero-order valence-corrected chi connectivity index (χ0v) is 65.1. The maximum Gasteiger partial charge on any atom is 0.472 e. The van der Waals surface area contributed by atoms with Gasteiger partial charge in [0.2, 0.25) is 0 Å². The van der Waals surface area contributed by atoms with Crippen LogP contribution in [0.15, 0.2) is 48.6 Å². The summed E-state index contributed by atoms with van der Waals surface area (Å²) in [7, 11) is 1.50. The van der Waals surface area contributed by atoms with Gasteiger partial charge in [0.25, 0.3) is 0 Å². The van der Waals surface area contributed by atoms with E-state index in [4.69, 9.17) is 18.5 Å². The number of carbonyl (C=O) groups is 2. The number of carbonyl (C=O) groups excluding carboxylic acids is 2. The third-order valence-electron chi connectivity index (χ3n) is 19.1. The number of phosphoric ester groups is 1. The van der Waals surface area contributed by atoms with Crippen molar-refractivity contribution in [3.05, 3.63) is 48.6 Å². The third kappa shape index (κ3) is 80.8. The van der Waals surface area contributed by atoms with Crippen LogP contribution in [0.3, 0.4) is 0 Å². The third-order valence-corrected chi connectivity index (χ3v) is 20.1. The van der Waals surface area contributed by atoms with Crippen molar-refractivity contribution in [2.75, 3.05) is 47.5 Å². The highest BCUT2D eigenvalue weighted by Crippen LogP contribution is 2.43. The SMILES string of the molecule is CC/C=C\C/C=C\C/C=C\C/C=C\CCCCCCCCCCCCCCCCCCCCCCC(=O)OC(COC(=O)CCCCCCCCCCCCCCCCCCCCCCCCCCCCCCCCCCCCCCCC)COP(=O)(O)OCC[N+](C)(C)C. The van der Waals surface area contributed by atoms with Crippen LogP contribution in [0, 0.1) is 0 Å². The summed E-state index contributed by atoms with van der Waals surface area (Å²) in [6.07, 6.45) is 101. The summed E-state index contributed by atoms with van der Waals surface area (Å²) < 4.78 is 34.9. The van der Waals surface area contributed by atoms with E-state index < -0.39 is 26.5 Å². The summed E-state index contributed by atoms with van der Waals surface area (Å²) in [4.78, 5) is 36.0. The van der Waals surface area contributed by atoms with Gasteiger partial charge in [0.15, 0.2) is 6.10 Å². The fourth-order valence-electron chi connectivity index (χ4n) is 12.8. The molecular weight excluding hydrogens is 1190 g/mol. The molecule has 0 saturated heterocycles. The number of hydrogen-bond donors (Lipinski definition) is 1. The van der Waals surface area contributed by atoms with Crippen molar-refractivity contribution in [3.63, 3.8) is 0 Å². The van der Waals surface area contributed by atoms with E-state index in [-0.39, 0.29) is 25.6 Å². The van der Waals surface area contributed by atoms with E-state index in [0.717, 1.165) is 57.8 Å². The second-order valence-electron chi connectivity index (χ2n) is 29.8. The molecule has 2 unspecified atom stereocenters. The molecule has 0 aromatic carbocycles. The number of rotatable bonds is 79. The normalized spacial score (nSPS) is 13.2. The Morgan fingerprint density at radius 1 is 0.337 bits per heavy atom. The second-order valence-corrected chi connectivity index (χ2v) is 31.3. The molecule has 0 aliphatic heterocycles. The lowest BCUT2D eigenvalue weighted by atomic mass is 10.0. The molecule has 0 fully saturated rings. The monoisotopic (exact) mass is 1360 g/mol. The van der Waals surface area contributed by atoms with E-state index in [9.17, 15) is 19.0 Å². The maximum absolute atomic E-state index is 12.9. The van der Waals surface area contributed by atoms with Crippen LogP contribution in [-0.2, 0) is 32.7 Å². The number of allylic oxidation sites excluding steroid dienone is 8. The minimum absolute atomic E-state index is 0.0348. The van der Waals surface area contributed by atoms with Crippen LogP contribution in [0.5, 0.6) is 0 Å². The van der Waals surface area contributed by atoms with Crippen LogP contribution in [0.4, 0.5) is 0 Å². The minimum atomic E-state index is -4.39. The predicted octanol–water partition coefficient (Wildman–Crippen LogP) is 27.9. The Hall–Kier alpha value is -2.03. The molecule has 10 heteroatoms. The molecule has 0 aliphatic rings. The van der Waals surface area contributed by atoms with Gasteiger partial charge in [-0.25, -0.2) is 4.57 Å². The maximum atomic E-state index is 12.9. The molecule has 0 aliphatic carbocycles. The molecule has 0 aromatic heterocycles. The van der Waals surface area contributed by atoms with E-state index in [1.54, 1.807) is 0 Å². The van der Waals surface area contributed by atoms with Crippen LogP contribution in [0.25, 0.3) is 0 Å². The number of unbranched alkanes of at least 4 members (excludes halogenated alkanes) is 57. The Morgan fingerprint density at radius 3 is 0.895 bits per heavy atom. The van der Waals surface area contributed by atoms with Gasteiger partial charge in [-0.2, -0.15) is 0 Å². The molecule has 1 N–H and O–H groups in total. The average molecular weight is 1360 g/mol. The molecule has 2 atom stereocenters. The first-order valence-electron chi connectivity index (χ1n) is 41.9. The smallest absolute Gasteiger partial charge is 0.462 e. The molecule has 0 amide bonds. The Labute approximate surface area is 592 Å². The number of ether oxygens (including phenoxy) is 2. The highest BCUT2D eigenvalue weighted by atomic mass is 31.2. The predicted molar refractivity (Wildman–Crippen MR) is 413 cm³/mol. The topological polar surface area (TPSA) is 108 Å². The summed E-state index contributed by atoms with van der Waals surface area (Å²) in [6.45, 7) is 4.41. The Morgan fingerprint density at radius 2 is 0.600 bits per heavy atom. The highest BCUT2D eigenvalue weighted by molar-refractivity contribution is 7.47. The Balaban J connectivity index is 3.87. The molecule has 0 spiro atoms. The van der Waals surface area contributed by atoms with Crippen LogP contribution in [0.1, 0.15) is 431 Å². The lowest BCUT2D eigenvalue weighted by Crippen LogP contribution is -2.37. The number of phosphoric acid groups is 1. The molecule has 560 valence electrons. The largest absolute Gasteiger partial charge is 0.472 e. The molecule has 0 bridgehead atoms. The first-order chi connectivity index (χ1) is 46.5. The molecule has 95 heavy (non-hydrogen) atoms. The van der Waals surface area contributed by atoms with E-state index in [2.05, 4.69) is 62.5 Å². The quantitative estimate of drug-likeness (QED) is 0.0211. The molecule has 0 radical (unpaired) electrons. The fourth-order valence-corrected chi connectivity index (χ4v) is 13.5. The van der Waals surface area contributed by atoms with Gasteiger partial charge in [-0.05, 0) is 51.4 Å². The summed E-state index contributed by atoms with van der Waals surface area (Å²) in [5.41, 5.74) is 0. The van der Waals surface area contributed by atoms with Crippen molar-refractivity contribution < 1.29 is 42.1 Å². The average Bonchev–Trinajstić information content (AvgIpc) is 1.80. The van der Waals surface area contributed by atoms with E-state index in [1.807, 2.05) is 21.1 Å². The first-order valence-corrected chi connectivity index (χ1v) is 43.4. The van der Waals surface area contributed by atoms with E-state index in [0.29, 0.717) is 23.9 Å². The standard InChI is InChI=1S/C85H162NO8P/c1-6-8-10-12-14-16-18-20-22-24-26-28-30-32-34-36-38-40-41-42-43-44-46-47-49-51-53-55-57-59-61-63-65-67-69-71-73-75-77-84(87)91-81-83(82-93-95(89,90)92-80-79-86(3,4)5)94-85(88)78-76-74-72-70-68-66-64-62-60-58-56-54-52-50-48-45-39-37-35-33-31-29-27-25-23-21-19-17-15-13-11-9-7-2/h9,11,15,17,21,23,27,29,83H,6-8,10,12-14,16,18-20,22,24-26,28,30-82H2,1-5H3/p+1/b11-9-,17-15-,23-21-,29-27-. The molecule has 0 rings (SSSR count). The van der Waals surface area contributed by atoms with E-state index >= 15 is 0 Å². The van der Waals surface area contributed by atoms with Crippen LogP contribution in [-0.4, -0.2) is 74.9 Å². The summed E-state index contributed by atoms with van der Waals surface area (Å²) in [5, 5.41) is 0. The summed E-state index contributed by atoms with van der Waals surface area (Å²) in [6, 6.07) is 0. The van der Waals surface area contributed by atoms with Gasteiger partial charge in [0.1, 0.15) is 19.8 Å². The molecule has 0 saturated carbocycles. The van der Waals surface area contributed by atoms with Gasteiger partial charge >= 0.3 is 19.8 Å². The Bertz CT molecular complexity index is 1740. The summed E-state index contributed by atoms with van der Waals surface area (Å²) in [5.74, 6) is -0.771. The number of esters is 2. The van der Waals surface area contributed by atoms with Crippen LogP contribution >= 0.6 is 7.82 Å². The molecule has 9 nitrogen and oxygen atoms in total. The number of quaternary nitrogens is 1. The zero-order valence-electron chi connectivity index (χ0n) is 64.2.